The van der Waals surface area contributed by atoms with Crippen molar-refractivity contribution in [3.63, 3.8) is 0 Å². The molecule has 0 saturated carbocycles. The quantitative estimate of drug-likeness (QED) is 0.878. The summed E-state index contributed by atoms with van der Waals surface area (Å²) in [6.07, 6.45) is 0.487. The fourth-order valence-corrected chi connectivity index (χ4v) is 2.47. The second kappa shape index (κ2) is 7.21. The number of hydrogen-bond acceptors (Lipinski definition) is 2. The Labute approximate surface area is 120 Å². The van der Waals surface area contributed by atoms with Crippen LogP contribution in [0.3, 0.4) is 0 Å². The Morgan fingerprint density at radius 2 is 2.12 bits per heavy atom. The zero-order valence-electron chi connectivity index (χ0n) is 9.19. The van der Waals surface area contributed by atoms with E-state index >= 15 is 0 Å². The van der Waals surface area contributed by atoms with E-state index in [1.54, 1.807) is 25.1 Å². The Morgan fingerprint density at radius 1 is 1.53 bits per heavy atom. The van der Waals surface area contributed by atoms with Gasteiger partial charge in [0.2, 0.25) is 0 Å². The third-order valence-corrected chi connectivity index (χ3v) is 3.14. The number of carboxylic acid groups (broad SMARTS) is 1. The van der Waals surface area contributed by atoms with Gasteiger partial charge < -0.3 is 10.8 Å². The smallest absolute Gasteiger partial charge is 0.308 e. The predicted octanol–water partition coefficient (Wildman–Crippen LogP) is 3.63. The molecule has 0 heterocycles. The Balaban J connectivity index is 0.00000256. The fourth-order valence-electron chi connectivity index (χ4n) is 1.58. The molecule has 0 fully saturated rings. The molecule has 1 aromatic carbocycles. The fraction of sp³-hybridized carbons (Fsp3) is 0.364. The lowest BCUT2D eigenvalue weighted by Gasteiger charge is -2.19. The van der Waals surface area contributed by atoms with E-state index in [1.165, 1.54) is 0 Å². The maximum absolute atomic E-state index is 11.0. The van der Waals surface area contributed by atoms with Crippen molar-refractivity contribution in [2.45, 2.75) is 19.4 Å². The van der Waals surface area contributed by atoms with Gasteiger partial charge in [-0.25, -0.2) is 0 Å². The van der Waals surface area contributed by atoms with Gasteiger partial charge in [-0.3, -0.25) is 4.79 Å². The van der Waals surface area contributed by atoms with Crippen LogP contribution in [0.15, 0.2) is 22.7 Å². The van der Waals surface area contributed by atoms with E-state index in [4.69, 9.17) is 22.4 Å². The van der Waals surface area contributed by atoms with Crippen LogP contribution >= 0.6 is 39.9 Å². The number of aliphatic carboxylic acids is 1. The Hall–Kier alpha value is -0.290. The zero-order chi connectivity index (χ0) is 12.3. The minimum absolute atomic E-state index is 0. The molecule has 96 valence electrons. The molecular formula is C11H14BrCl2NO2. The Kier molecular flexibility index (Phi) is 7.09. The average Bonchev–Trinajstić information content (AvgIpc) is 2.16. The summed E-state index contributed by atoms with van der Waals surface area (Å²) < 4.78 is 0.797. The first kappa shape index (κ1) is 16.7. The molecule has 6 heteroatoms. The minimum Gasteiger partial charge on any atom is -0.481 e. The number of carboxylic acids is 1. The van der Waals surface area contributed by atoms with Crippen LogP contribution < -0.4 is 5.73 Å². The molecular weight excluding hydrogens is 329 g/mol. The van der Waals surface area contributed by atoms with E-state index in [1.807, 2.05) is 0 Å². The highest BCUT2D eigenvalue weighted by Crippen LogP contribution is 2.28. The Morgan fingerprint density at radius 3 is 2.53 bits per heavy atom. The highest BCUT2D eigenvalue weighted by Gasteiger charge is 2.24. The normalized spacial score (nSPS) is 13.6. The molecule has 0 radical (unpaired) electrons. The van der Waals surface area contributed by atoms with Gasteiger partial charge in [0.1, 0.15) is 0 Å². The third-order valence-electron chi connectivity index (χ3n) is 2.46. The van der Waals surface area contributed by atoms with E-state index in [9.17, 15) is 4.79 Å². The average molecular weight is 343 g/mol. The molecule has 1 aromatic rings. The minimum atomic E-state index is -0.883. The van der Waals surface area contributed by atoms with Crippen LogP contribution in [0.4, 0.5) is 0 Å². The van der Waals surface area contributed by atoms with Crippen LogP contribution in [0.25, 0.3) is 0 Å². The lowest BCUT2D eigenvalue weighted by Crippen LogP contribution is -2.27. The van der Waals surface area contributed by atoms with Gasteiger partial charge in [-0.2, -0.15) is 0 Å². The summed E-state index contributed by atoms with van der Waals surface area (Å²) in [5.74, 6) is -1.48. The molecule has 0 aliphatic heterocycles. The van der Waals surface area contributed by atoms with E-state index in [-0.39, 0.29) is 12.4 Å². The summed E-state index contributed by atoms with van der Waals surface area (Å²) in [4.78, 5) is 11.0. The van der Waals surface area contributed by atoms with Crippen molar-refractivity contribution in [1.82, 2.24) is 0 Å². The maximum atomic E-state index is 11.0. The summed E-state index contributed by atoms with van der Waals surface area (Å²) in [5, 5.41) is 9.56. The van der Waals surface area contributed by atoms with Gasteiger partial charge in [0.25, 0.3) is 0 Å². The van der Waals surface area contributed by atoms with Crippen molar-refractivity contribution in [2.75, 3.05) is 0 Å². The topological polar surface area (TPSA) is 63.3 Å². The largest absolute Gasteiger partial charge is 0.481 e. The number of nitrogens with two attached hydrogens (primary N) is 1. The molecule has 1 rings (SSSR count). The van der Waals surface area contributed by atoms with Crippen LogP contribution in [0.1, 0.15) is 24.9 Å². The summed E-state index contributed by atoms with van der Waals surface area (Å²) in [5.41, 5.74) is 6.66. The highest BCUT2D eigenvalue weighted by atomic mass is 79.9. The molecule has 17 heavy (non-hydrogen) atoms. The van der Waals surface area contributed by atoms with Crippen LogP contribution in [0, 0.1) is 5.92 Å². The van der Waals surface area contributed by atoms with E-state index in [2.05, 4.69) is 15.9 Å². The number of hydrogen-bond donors (Lipinski definition) is 2. The van der Waals surface area contributed by atoms with Gasteiger partial charge in [-0.15, -0.1) is 12.4 Å². The monoisotopic (exact) mass is 341 g/mol. The molecule has 3 N–H and O–H groups in total. The number of rotatable bonds is 4. The van der Waals surface area contributed by atoms with Crippen molar-refractivity contribution in [2.24, 2.45) is 11.7 Å². The standard InChI is InChI=1S/C11H13BrClNO2.ClH/c1-2-9(11(15)16)10(14)6-3-7(12)5-8(13)4-6;/h3-5,9-10H,2,14H2,1H3,(H,15,16);1H/t9-,10?;/m1./s1. The van der Waals surface area contributed by atoms with E-state index < -0.39 is 17.9 Å². The number of benzene rings is 1. The summed E-state index contributed by atoms with van der Waals surface area (Å²) in [6.45, 7) is 1.80. The summed E-state index contributed by atoms with van der Waals surface area (Å²) in [7, 11) is 0. The number of halogens is 3. The molecule has 0 aromatic heterocycles. The van der Waals surface area contributed by atoms with Crippen molar-refractivity contribution < 1.29 is 9.90 Å². The summed E-state index contributed by atoms with van der Waals surface area (Å²) in [6, 6.07) is 4.68. The molecule has 0 amide bonds. The van der Waals surface area contributed by atoms with Crippen molar-refractivity contribution in [3.05, 3.63) is 33.3 Å². The van der Waals surface area contributed by atoms with Crippen LogP contribution in [0.5, 0.6) is 0 Å². The van der Waals surface area contributed by atoms with Crippen LogP contribution in [-0.4, -0.2) is 11.1 Å². The molecule has 1 unspecified atom stereocenters. The van der Waals surface area contributed by atoms with Gasteiger partial charge >= 0.3 is 5.97 Å². The predicted molar refractivity (Wildman–Crippen MR) is 74.7 cm³/mol. The van der Waals surface area contributed by atoms with Crippen LogP contribution in [0.2, 0.25) is 5.02 Å². The van der Waals surface area contributed by atoms with Crippen LogP contribution in [-0.2, 0) is 4.79 Å². The van der Waals surface area contributed by atoms with Gasteiger partial charge in [0, 0.05) is 15.5 Å². The van der Waals surface area contributed by atoms with Crippen molar-refractivity contribution >= 4 is 45.9 Å². The zero-order valence-corrected chi connectivity index (χ0v) is 12.3. The first-order valence-corrected chi connectivity index (χ1v) is 6.07. The van der Waals surface area contributed by atoms with Crippen molar-refractivity contribution in [3.8, 4) is 0 Å². The molecule has 2 atom stereocenters. The second-order valence-corrected chi connectivity index (χ2v) is 4.93. The van der Waals surface area contributed by atoms with Gasteiger partial charge in [0.15, 0.2) is 0 Å². The van der Waals surface area contributed by atoms with Crippen molar-refractivity contribution in [1.29, 1.82) is 0 Å². The van der Waals surface area contributed by atoms with Gasteiger partial charge in [0.05, 0.1) is 5.92 Å². The lowest BCUT2D eigenvalue weighted by molar-refractivity contribution is -0.142. The van der Waals surface area contributed by atoms with E-state index in [0.29, 0.717) is 11.4 Å². The molecule has 0 aliphatic carbocycles. The maximum Gasteiger partial charge on any atom is 0.308 e. The molecule has 0 aliphatic rings. The molecule has 0 bridgehead atoms. The third kappa shape index (κ3) is 4.47. The lowest BCUT2D eigenvalue weighted by atomic mass is 9.92. The van der Waals surface area contributed by atoms with E-state index in [0.717, 1.165) is 10.0 Å². The van der Waals surface area contributed by atoms with Gasteiger partial charge in [-0.1, -0.05) is 34.5 Å². The number of carbonyl (C=O) groups is 1. The Bertz CT molecular complexity index is 381. The molecule has 3 nitrogen and oxygen atoms in total. The SMILES string of the molecule is CC[C@@H](C(=O)O)C(N)c1cc(Cl)cc(Br)c1.Cl. The molecule has 0 saturated heterocycles. The first-order valence-electron chi connectivity index (χ1n) is 4.90. The highest BCUT2D eigenvalue weighted by molar-refractivity contribution is 9.10. The summed E-state index contributed by atoms with van der Waals surface area (Å²) >= 11 is 9.19. The second-order valence-electron chi connectivity index (χ2n) is 3.58. The first-order chi connectivity index (χ1) is 7.45. The van der Waals surface area contributed by atoms with Gasteiger partial charge in [-0.05, 0) is 30.2 Å². The molecule has 0 spiro atoms.